The molecule has 2 rings (SSSR count). The molecule has 0 fully saturated rings. The zero-order chi connectivity index (χ0) is 14.9. The van der Waals surface area contributed by atoms with E-state index in [0.29, 0.717) is 18.1 Å². The number of halogens is 1. The summed E-state index contributed by atoms with van der Waals surface area (Å²) in [6.45, 7) is 2.76. The van der Waals surface area contributed by atoms with Crippen LogP contribution in [0.25, 0.3) is 0 Å². The van der Waals surface area contributed by atoms with Crippen molar-refractivity contribution in [2.24, 2.45) is 4.99 Å². The molecule has 5 heteroatoms. The van der Waals surface area contributed by atoms with Crippen LogP contribution < -0.4 is 10.6 Å². The zero-order valence-electron chi connectivity index (χ0n) is 12.4. The summed E-state index contributed by atoms with van der Waals surface area (Å²) < 4.78 is 18.8. The lowest BCUT2D eigenvalue weighted by Crippen LogP contribution is -2.37. The minimum Gasteiger partial charge on any atom is -0.377 e. The molecule has 0 unspecified atom stereocenters. The summed E-state index contributed by atoms with van der Waals surface area (Å²) in [5.41, 5.74) is 2.05. The molecule has 1 aliphatic rings. The van der Waals surface area contributed by atoms with E-state index >= 15 is 0 Å². The van der Waals surface area contributed by atoms with E-state index in [2.05, 4.69) is 21.7 Å². The van der Waals surface area contributed by atoms with Gasteiger partial charge in [-0.05, 0) is 18.9 Å². The van der Waals surface area contributed by atoms with Crippen LogP contribution in [0.15, 0.2) is 40.9 Å². The number of guanidine groups is 1. The van der Waals surface area contributed by atoms with Crippen molar-refractivity contribution < 1.29 is 9.13 Å². The number of rotatable bonds is 5. The Hall–Kier alpha value is -1.88. The van der Waals surface area contributed by atoms with Gasteiger partial charge in [-0.1, -0.05) is 29.8 Å². The lowest BCUT2D eigenvalue weighted by Gasteiger charge is -2.15. The van der Waals surface area contributed by atoms with Crippen molar-refractivity contribution >= 4 is 5.96 Å². The van der Waals surface area contributed by atoms with Crippen LogP contribution in [0, 0.1) is 5.82 Å². The van der Waals surface area contributed by atoms with E-state index in [0.717, 1.165) is 32.6 Å². The van der Waals surface area contributed by atoms with Gasteiger partial charge in [0.2, 0.25) is 0 Å². The second-order valence-electron chi connectivity index (χ2n) is 4.88. The number of ether oxygens (including phenoxy) is 1. The van der Waals surface area contributed by atoms with E-state index in [4.69, 9.17) is 4.74 Å². The number of benzene rings is 1. The molecule has 1 heterocycles. The predicted molar refractivity (Wildman–Crippen MR) is 82.7 cm³/mol. The monoisotopic (exact) mass is 291 g/mol. The Morgan fingerprint density at radius 3 is 2.90 bits per heavy atom. The minimum absolute atomic E-state index is 0.201. The molecule has 1 aromatic carbocycles. The summed E-state index contributed by atoms with van der Waals surface area (Å²) in [7, 11) is 1.71. The van der Waals surface area contributed by atoms with Gasteiger partial charge in [-0.15, -0.1) is 0 Å². The average molecular weight is 291 g/mol. The fourth-order valence-electron chi connectivity index (χ4n) is 2.18. The number of aliphatic imine (C=N–C) groups is 1. The van der Waals surface area contributed by atoms with E-state index in [9.17, 15) is 4.39 Å². The molecule has 0 saturated carbocycles. The molecular formula is C16H22FN3O. The van der Waals surface area contributed by atoms with Gasteiger partial charge in [0.1, 0.15) is 5.82 Å². The van der Waals surface area contributed by atoms with Crippen LogP contribution in [0.3, 0.4) is 0 Å². The third kappa shape index (κ3) is 5.19. The largest absolute Gasteiger partial charge is 0.377 e. The predicted octanol–water partition coefficient (Wildman–Crippen LogP) is 2.23. The number of nitrogens with zero attached hydrogens (tertiary/aromatic N) is 1. The van der Waals surface area contributed by atoms with Crippen LogP contribution in [-0.4, -0.2) is 32.8 Å². The highest BCUT2D eigenvalue weighted by atomic mass is 19.1. The van der Waals surface area contributed by atoms with Gasteiger partial charge in [-0.3, -0.25) is 4.99 Å². The number of hydrogen-bond donors (Lipinski definition) is 2. The van der Waals surface area contributed by atoms with Crippen LogP contribution in [0.1, 0.15) is 18.4 Å². The van der Waals surface area contributed by atoms with Gasteiger partial charge >= 0.3 is 0 Å². The van der Waals surface area contributed by atoms with Crippen LogP contribution in [0.5, 0.6) is 0 Å². The van der Waals surface area contributed by atoms with E-state index in [-0.39, 0.29) is 5.82 Å². The van der Waals surface area contributed by atoms with Crippen molar-refractivity contribution in [1.29, 1.82) is 0 Å². The van der Waals surface area contributed by atoms with Gasteiger partial charge in [0, 0.05) is 25.7 Å². The molecule has 1 aromatic rings. The quantitative estimate of drug-likeness (QED) is 0.497. The molecule has 21 heavy (non-hydrogen) atoms. The normalized spacial score (nSPS) is 15.5. The van der Waals surface area contributed by atoms with Gasteiger partial charge in [0.05, 0.1) is 13.2 Å². The SMILES string of the molecule is CN=C(NCCC1=CCOCC1)NCc1ccccc1F. The summed E-state index contributed by atoms with van der Waals surface area (Å²) >= 11 is 0. The summed E-state index contributed by atoms with van der Waals surface area (Å²) in [6.07, 6.45) is 4.12. The van der Waals surface area contributed by atoms with E-state index in [1.165, 1.54) is 11.6 Å². The molecule has 114 valence electrons. The Balaban J connectivity index is 1.73. The molecule has 2 N–H and O–H groups in total. The molecule has 0 aromatic heterocycles. The third-order valence-electron chi connectivity index (χ3n) is 3.42. The summed E-state index contributed by atoms with van der Waals surface area (Å²) in [4.78, 5) is 4.14. The Bertz CT molecular complexity index is 514. The maximum absolute atomic E-state index is 13.5. The molecule has 0 bridgehead atoms. The van der Waals surface area contributed by atoms with Crippen molar-refractivity contribution in [3.05, 3.63) is 47.3 Å². The van der Waals surface area contributed by atoms with Crippen molar-refractivity contribution in [2.75, 3.05) is 26.8 Å². The second-order valence-corrected chi connectivity index (χ2v) is 4.88. The first kappa shape index (κ1) is 15.5. The maximum atomic E-state index is 13.5. The van der Waals surface area contributed by atoms with E-state index in [1.807, 2.05) is 6.07 Å². The summed E-state index contributed by atoms with van der Waals surface area (Å²) in [5, 5.41) is 6.36. The van der Waals surface area contributed by atoms with Gasteiger partial charge in [0.15, 0.2) is 5.96 Å². The highest BCUT2D eigenvalue weighted by molar-refractivity contribution is 5.79. The van der Waals surface area contributed by atoms with Gasteiger partial charge in [0.25, 0.3) is 0 Å². The summed E-state index contributed by atoms with van der Waals surface area (Å²) in [6, 6.07) is 6.74. The standard InChI is InChI=1S/C16H22FN3O/c1-18-16(19-9-6-13-7-10-21-11-8-13)20-12-14-4-2-3-5-15(14)17/h2-5,7H,6,8-12H2,1H3,(H2,18,19,20). The molecule has 0 radical (unpaired) electrons. The first-order valence-electron chi connectivity index (χ1n) is 7.23. The minimum atomic E-state index is -0.201. The first-order valence-corrected chi connectivity index (χ1v) is 7.23. The fraction of sp³-hybridized carbons (Fsp3) is 0.438. The zero-order valence-corrected chi connectivity index (χ0v) is 12.4. The third-order valence-corrected chi connectivity index (χ3v) is 3.42. The second kappa shape index (κ2) is 8.42. The highest BCUT2D eigenvalue weighted by Gasteiger charge is 2.05. The Morgan fingerprint density at radius 1 is 1.33 bits per heavy atom. The highest BCUT2D eigenvalue weighted by Crippen LogP contribution is 2.10. The molecular weight excluding hydrogens is 269 g/mol. The van der Waals surface area contributed by atoms with Crippen LogP contribution in [0.2, 0.25) is 0 Å². The van der Waals surface area contributed by atoms with Crippen molar-refractivity contribution in [1.82, 2.24) is 10.6 Å². The average Bonchev–Trinajstić information content (AvgIpc) is 2.53. The first-order chi connectivity index (χ1) is 10.3. The van der Waals surface area contributed by atoms with Crippen LogP contribution >= 0.6 is 0 Å². The van der Waals surface area contributed by atoms with Crippen molar-refractivity contribution in [3.63, 3.8) is 0 Å². The van der Waals surface area contributed by atoms with E-state index < -0.39 is 0 Å². The van der Waals surface area contributed by atoms with Crippen LogP contribution in [-0.2, 0) is 11.3 Å². The Kier molecular flexibility index (Phi) is 6.22. The van der Waals surface area contributed by atoms with Gasteiger partial charge in [-0.25, -0.2) is 4.39 Å². The molecule has 4 nitrogen and oxygen atoms in total. The Labute approximate surface area is 125 Å². The molecule has 0 saturated heterocycles. The molecule has 0 amide bonds. The Morgan fingerprint density at radius 2 is 2.19 bits per heavy atom. The number of hydrogen-bond acceptors (Lipinski definition) is 2. The number of nitrogens with one attached hydrogen (secondary N) is 2. The lowest BCUT2D eigenvalue weighted by molar-refractivity contribution is 0.153. The smallest absolute Gasteiger partial charge is 0.191 e. The van der Waals surface area contributed by atoms with Crippen LogP contribution in [0.4, 0.5) is 4.39 Å². The maximum Gasteiger partial charge on any atom is 0.191 e. The van der Waals surface area contributed by atoms with Gasteiger partial charge in [-0.2, -0.15) is 0 Å². The summed E-state index contributed by atoms with van der Waals surface area (Å²) in [5.74, 6) is 0.485. The van der Waals surface area contributed by atoms with Gasteiger partial charge < -0.3 is 15.4 Å². The molecule has 1 aliphatic heterocycles. The lowest BCUT2D eigenvalue weighted by atomic mass is 10.1. The molecule has 0 atom stereocenters. The molecule has 0 spiro atoms. The molecule has 0 aliphatic carbocycles. The topological polar surface area (TPSA) is 45.7 Å². The van der Waals surface area contributed by atoms with Crippen molar-refractivity contribution in [2.45, 2.75) is 19.4 Å². The fourth-order valence-corrected chi connectivity index (χ4v) is 2.18. The van der Waals surface area contributed by atoms with E-state index in [1.54, 1.807) is 19.2 Å². The van der Waals surface area contributed by atoms with Crippen molar-refractivity contribution in [3.8, 4) is 0 Å².